The Morgan fingerprint density at radius 2 is 2.33 bits per heavy atom. The number of hydrogen-bond donors (Lipinski definition) is 0. The fourth-order valence-corrected chi connectivity index (χ4v) is 2.09. The Labute approximate surface area is 71.5 Å². The predicted molar refractivity (Wildman–Crippen MR) is 46.2 cm³/mol. The molecule has 12 heavy (non-hydrogen) atoms. The SMILES string of the molecule is c1ncc2c(n1)sc1nccn12. The van der Waals surface area contributed by atoms with Crippen molar-refractivity contribution in [2.45, 2.75) is 0 Å². The molecule has 0 aliphatic carbocycles. The molecule has 0 N–H and O–H groups in total. The van der Waals surface area contributed by atoms with Gasteiger partial charge < -0.3 is 0 Å². The van der Waals surface area contributed by atoms with Gasteiger partial charge in [-0.3, -0.25) is 4.40 Å². The topological polar surface area (TPSA) is 43.1 Å². The second kappa shape index (κ2) is 2.01. The lowest BCUT2D eigenvalue weighted by molar-refractivity contribution is 1.19. The monoisotopic (exact) mass is 176 g/mol. The summed E-state index contributed by atoms with van der Waals surface area (Å²) < 4.78 is 1.99. The first-order valence-corrected chi connectivity index (χ1v) is 4.28. The molecular weight excluding hydrogens is 172 g/mol. The maximum Gasteiger partial charge on any atom is 0.196 e. The zero-order valence-corrected chi connectivity index (χ0v) is 6.82. The van der Waals surface area contributed by atoms with Gasteiger partial charge in [0.2, 0.25) is 0 Å². The predicted octanol–water partition coefficient (Wildman–Crippen LogP) is 1.34. The maximum atomic E-state index is 4.17. The third-order valence-corrected chi connectivity index (χ3v) is 2.70. The van der Waals surface area contributed by atoms with Gasteiger partial charge in [-0.05, 0) is 0 Å². The van der Waals surface area contributed by atoms with E-state index in [4.69, 9.17) is 0 Å². The molecular formula is C7H4N4S. The fourth-order valence-electron chi connectivity index (χ4n) is 1.19. The summed E-state index contributed by atoms with van der Waals surface area (Å²) in [5.41, 5.74) is 1.02. The molecule has 0 aliphatic heterocycles. The van der Waals surface area contributed by atoms with Crippen LogP contribution in [0, 0.1) is 0 Å². The van der Waals surface area contributed by atoms with Crippen molar-refractivity contribution < 1.29 is 0 Å². The molecule has 0 bridgehead atoms. The van der Waals surface area contributed by atoms with Gasteiger partial charge in [-0.25, -0.2) is 15.0 Å². The molecule has 3 heterocycles. The second-order valence-corrected chi connectivity index (χ2v) is 3.35. The molecule has 0 spiro atoms. The number of hydrogen-bond acceptors (Lipinski definition) is 4. The highest BCUT2D eigenvalue weighted by Gasteiger charge is 2.04. The third kappa shape index (κ3) is 0.634. The van der Waals surface area contributed by atoms with Crippen molar-refractivity contribution in [3.8, 4) is 0 Å². The number of imidazole rings is 1. The molecule has 58 valence electrons. The zero-order chi connectivity index (χ0) is 7.97. The molecule has 0 aliphatic rings. The minimum Gasteiger partial charge on any atom is -0.287 e. The summed E-state index contributed by atoms with van der Waals surface area (Å²) in [5, 5.41) is 0. The van der Waals surface area contributed by atoms with Crippen LogP contribution in [0.1, 0.15) is 0 Å². The third-order valence-electron chi connectivity index (χ3n) is 1.71. The standard InChI is InChI=1S/C7H4N4S/c1-2-11-5-3-8-4-10-6(5)12-7(11)9-1/h1-4H. The summed E-state index contributed by atoms with van der Waals surface area (Å²) in [6.07, 6.45) is 7.04. The van der Waals surface area contributed by atoms with Crippen molar-refractivity contribution in [3.05, 3.63) is 24.9 Å². The van der Waals surface area contributed by atoms with Crippen LogP contribution in [-0.2, 0) is 0 Å². The number of aromatic nitrogens is 4. The first-order valence-electron chi connectivity index (χ1n) is 3.47. The zero-order valence-electron chi connectivity index (χ0n) is 6.01. The molecule has 0 radical (unpaired) electrons. The van der Waals surface area contributed by atoms with E-state index in [9.17, 15) is 0 Å². The minimum absolute atomic E-state index is 0.963. The lowest BCUT2D eigenvalue weighted by atomic mass is 10.6. The average Bonchev–Trinajstić information content (AvgIpc) is 2.62. The largest absolute Gasteiger partial charge is 0.287 e. The molecule has 0 amide bonds. The van der Waals surface area contributed by atoms with Gasteiger partial charge in [-0.1, -0.05) is 11.3 Å². The quantitative estimate of drug-likeness (QED) is 0.519. The fraction of sp³-hybridized carbons (Fsp3) is 0. The smallest absolute Gasteiger partial charge is 0.196 e. The van der Waals surface area contributed by atoms with E-state index in [1.165, 1.54) is 0 Å². The van der Waals surface area contributed by atoms with E-state index in [0.717, 1.165) is 15.3 Å². The van der Waals surface area contributed by atoms with Gasteiger partial charge in [-0.15, -0.1) is 0 Å². The van der Waals surface area contributed by atoms with Crippen molar-refractivity contribution in [2.24, 2.45) is 0 Å². The van der Waals surface area contributed by atoms with Gasteiger partial charge in [0.05, 0.1) is 6.20 Å². The molecule has 4 nitrogen and oxygen atoms in total. The van der Waals surface area contributed by atoms with Crippen molar-refractivity contribution >= 4 is 26.6 Å². The Kier molecular flexibility index (Phi) is 1.02. The highest BCUT2D eigenvalue weighted by molar-refractivity contribution is 7.23. The van der Waals surface area contributed by atoms with Crippen LogP contribution in [0.2, 0.25) is 0 Å². The van der Waals surface area contributed by atoms with Gasteiger partial charge in [-0.2, -0.15) is 0 Å². The highest BCUT2D eigenvalue weighted by Crippen LogP contribution is 2.21. The van der Waals surface area contributed by atoms with Crippen LogP contribution in [0.5, 0.6) is 0 Å². The van der Waals surface area contributed by atoms with Gasteiger partial charge in [0, 0.05) is 12.4 Å². The molecule has 0 atom stereocenters. The van der Waals surface area contributed by atoms with E-state index in [1.54, 1.807) is 30.1 Å². The average molecular weight is 176 g/mol. The Morgan fingerprint density at radius 3 is 3.33 bits per heavy atom. The number of rotatable bonds is 0. The molecule has 3 aromatic heterocycles. The Bertz CT molecular complexity index is 537. The molecule has 3 aromatic rings. The molecule has 0 fully saturated rings. The number of fused-ring (bicyclic) bond motifs is 3. The van der Waals surface area contributed by atoms with Crippen LogP contribution in [0.4, 0.5) is 0 Å². The first-order chi connectivity index (χ1) is 5.95. The normalized spacial score (nSPS) is 11.3. The highest BCUT2D eigenvalue weighted by atomic mass is 32.1. The number of nitrogens with zero attached hydrogens (tertiary/aromatic N) is 4. The van der Waals surface area contributed by atoms with Gasteiger partial charge in [0.1, 0.15) is 16.7 Å². The van der Waals surface area contributed by atoms with Crippen LogP contribution in [0.15, 0.2) is 24.9 Å². The summed E-state index contributed by atoms with van der Waals surface area (Å²) in [5.74, 6) is 0. The van der Waals surface area contributed by atoms with Crippen molar-refractivity contribution in [2.75, 3.05) is 0 Å². The van der Waals surface area contributed by atoms with E-state index in [0.29, 0.717) is 0 Å². The molecule has 0 saturated carbocycles. The van der Waals surface area contributed by atoms with Gasteiger partial charge in [0.15, 0.2) is 4.96 Å². The summed E-state index contributed by atoms with van der Waals surface area (Å²) in [6.45, 7) is 0. The molecule has 0 saturated heterocycles. The summed E-state index contributed by atoms with van der Waals surface area (Å²) >= 11 is 1.57. The molecule has 0 unspecified atom stereocenters. The molecule has 0 aromatic carbocycles. The van der Waals surface area contributed by atoms with Crippen LogP contribution in [0.25, 0.3) is 15.3 Å². The van der Waals surface area contributed by atoms with Crippen molar-refractivity contribution in [1.29, 1.82) is 0 Å². The van der Waals surface area contributed by atoms with Crippen LogP contribution in [0.3, 0.4) is 0 Å². The number of thiazole rings is 1. The van der Waals surface area contributed by atoms with E-state index in [2.05, 4.69) is 15.0 Å². The lowest BCUT2D eigenvalue weighted by Gasteiger charge is -1.85. The Balaban J connectivity index is 2.68. The van der Waals surface area contributed by atoms with Gasteiger partial charge in [0.25, 0.3) is 0 Å². The Morgan fingerprint density at radius 1 is 1.33 bits per heavy atom. The van der Waals surface area contributed by atoms with E-state index >= 15 is 0 Å². The van der Waals surface area contributed by atoms with Crippen LogP contribution < -0.4 is 0 Å². The lowest BCUT2D eigenvalue weighted by Crippen LogP contribution is -1.79. The summed E-state index contributed by atoms with van der Waals surface area (Å²) in [7, 11) is 0. The van der Waals surface area contributed by atoms with Gasteiger partial charge >= 0.3 is 0 Å². The maximum absolute atomic E-state index is 4.17. The minimum atomic E-state index is 0.963. The van der Waals surface area contributed by atoms with Crippen molar-refractivity contribution in [1.82, 2.24) is 19.4 Å². The molecule has 3 rings (SSSR count). The van der Waals surface area contributed by atoms with E-state index in [1.807, 2.05) is 10.6 Å². The molecule has 5 heteroatoms. The Hall–Kier alpha value is -1.49. The van der Waals surface area contributed by atoms with E-state index in [-0.39, 0.29) is 0 Å². The second-order valence-electron chi connectivity index (χ2n) is 2.40. The van der Waals surface area contributed by atoms with E-state index < -0.39 is 0 Å². The summed E-state index contributed by atoms with van der Waals surface area (Å²) in [4.78, 5) is 14.2. The van der Waals surface area contributed by atoms with Crippen LogP contribution in [-0.4, -0.2) is 19.4 Å². The van der Waals surface area contributed by atoms with Crippen molar-refractivity contribution in [3.63, 3.8) is 0 Å². The van der Waals surface area contributed by atoms with Crippen LogP contribution >= 0.6 is 11.3 Å². The summed E-state index contributed by atoms with van der Waals surface area (Å²) in [6, 6.07) is 0. The first kappa shape index (κ1) is 6.07.